The fraction of sp³-hybridized carbons (Fsp3) is 0.455. The fourth-order valence-corrected chi connectivity index (χ4v) is 3.67. The molecule has 4 nitrogen and oxygen atoms in total. The maximum atomic E-state index is 12.5. The van der Waals surface area contributed by atoms with Crippen molar-refractivity contribution < 1.29 is 9.53 Å². The molecule has 0 amide bonds. The number of unbranched alkanes of at least 4 members (excludes halogenated alkanes) is 7. The predicted octanol–water partition coefficient (Wildman–Crippen LogP) is 7.59. The molecular weight excluding hydrogens is 431 g/mol. The molecule has 0 bridgehead atoms. The molecular formula is C22H27Cl3N2O2. The van der Waals surface area contributed by atoms with E-state index in [2.05, 4.69) is 11.9 Å². The van der Waals surface area contributed by atoms with Gasteiger partial charge in [0.15, 0.2) is 5.69 Å². The van der Waals surface area contributed by atoms with Crippen LogP contribution in [0.1, 0.15) is 68.8 Å². The van der Waals surface area contributed by atoms with E-state index in [-0.39, 0.29) is 16.4 Å². The highest BCUT2D eigenvalue weighted by Crippen LogP contribution is 2.33. The number of pyridine rings is 1. The zero-order chi connectivity index (χ0) is 21.2. The summed E-state index contributed by atoms with van der Waals surface area (Å²) >= 11 is 18.4. The summed E-state index contributed by atoms with van der Waals surface area (Å²) in [6.07, 6.45) is 9.34. The van der Waals surface area contributed by atoms with Crippen LogP contribution in [0.3, 0.4) is 0 Å². The van der Waals surface area contributed by atoms with Crippen LogP contribution >= 0.6 is 34.8 Å². The van der Waals surface area contributed by atoms with Crippen LogP contribution in [0.4, 0.5) is 5.69 Å². The average Bonchev–Trinajstić information content (AvgIpc) is 2.68. The number of halogens is 3. The number of hydrogen-bond acceptors (Lipinski definition) is 4. The zero-order valence-corrected chi connectivity index (χ0v) is 18.9. The molecule has 0 saturated heterocycles. The van der Waals surface area contributed by atoms with Gasteiger partial charge in [0.2, 0.25) is 0 Å². The van der Waals surface area contributed by atoms with Gasteiger partial charge in [0.05, 0.1) is 28.0 Å². The molecule has 7 heteroatoms. The van der Waals surface area contributed by atoms with Crippen LogP contribution in [0, 0.1) is 0 Å². The summed E-state index contributed by atoms with van der Waals surface area (Å²) in [6, 6.07) is 6.59. The Labute approximate surface area is 187 Å². The van der Waals surface area contributed by atoms with E-state index in [1.807, 2.05) is 0 Å². The smallest absolute Gasteiger partial charge is 0.358 e. The van der Waals surface area contributed by atoms with E-state index < -0.39 is 5.97 Å². The molecule has 2 aromatic rings. The second-order valence-electron chi connectivity index (χ2n) is 6.99. The third kappa shape index (κ3) is 7.36. The fourth-order valence-electron chi connectivity index (χ4n) is 2.99. The molecule has 0 aliphatic heterocycles. The largest absolute Gasteiger partial charge is 0.461 e. The van der Waals surface area contributed by atoms with Gasteiger partial charge in [-0.2, -0.15) is 0 Å². The number of rotatable bonds is 11. The lowest BCUT2D eigenvalue weighted by Gasteiger charge is -2.11. The van der Waals surface area contributed by atoms with Crippen LogP contribution in [0.5, 0.6) is 0 Å². The Morgan fingerprint density at radius 2 is 1.66 bits per heavy atom. The number of benzene rings is 1. The summed E-state index contributed by atoms with van der Waals surface area (Å²) in [7, 11) is 0. The first-order valence-electron chi connectivity index (χ1n) is 10.0. The normalized spacial score (nSPS) is 10.9. The minimum Gasteiger partial charge on any atom is -0.461 e. The monoisotopic (exact) mass is 456 g/mol. The van der Waals surface area contributed by atoms with Gasteiger partial charge in [-0.25, -0.2) is 9.78 Å². The molecule has 1 aromatic heterocycles. The SMILES string of the molecule is CCCCCCCCCCOC(=O)c1nc(-c2ccc(Cl)cc2Cl)cc(N)c1Cl. The topological polar surface area (TPSA) is 65.2 Å². The van der Waals surface area contributed by atoms with Gasteiger partial charge in [-0.15, -0.1) is 0 Å². The molecule has 1 aromatic carbocycles. The van der Waals surface area contributed by atoms with Crippen LogP contribution in [-0.4, -0.2) is 17.6 Å². The summed E-state index contributed by atoms with van der Waals surface area (Å²) in [5.74, 6) is -0.586. The molecule has 0 fully saturated rings. The third-order valence-corrected chi connectivity index (χ3v) is 5.56. The molecule has 0 unspecified atom stereocenters. The lowest BCUT2D eigenvalue weighted by Crippen LogP contribution is -2.11. The summed E-state index contributed by atoms with van der Waals surface area (Å²) in [5, 5.41) is 0.996. The lowest BCUT2D eigenvalue weighted by atomic mass is 10.1. The van der Waals surface area contributed by atoms with Gasteiger partial charge < -0.3 is 10.5 Å². The number of nitrogen functional groups attached to an aromatic ring is 1. The second kappa shape index (κ2) is 12.3. The highest BCUT2D eigenvalue weighted by molar-refractivity contribution is 6.37. The first kappa shape index (κ1) is 23.8. The Kier molecular flexibility index (Phi) is 10.1. The third-order valence-electron chi connectivity index (χ3n) is 4.62. The van der Waals surface area contributed by atoms with E-state index in [1.54, 1.807) is 24.3 Å². The highest BCUT2D eigenvalue weighted by atomic mass is 35.5. The molecule has 0 aliphatic carbocycles. The minimum absolute atomic E-state index is 0.00718. The van der Waals surface area contributed by atoms with E-state index in [9.17, 15) is 4.79 Å². The van der Waals surface area contributed by atoms with E-state index in [0.29, 0.717) is 27.9 Å². The van der Waals surface area contributed by atoms with Gasteiger partial charge in [-0.05, 0) is 30.7 Å². The average molecular weight is 458 g/mol. The van der Waals surface area contributed by atoms with E-state index in [4.69, 9.17) is 45.3 Å². The van der Waals surface area contributed by atoms with Gasteiger partial charge >= 0.3 is 5.97 Å². The van der Waals surface area contributed by atoms with Crippen molar-refractivity contribution in [2.75, 3.05) is 12.3 Å². The van der Waals surface area contributed by atoms with E-state index in [1.165, 1.54) is 32.1 Å². The van der Waals surface area contributed by atoms with Crippen molar-refractivity contribution in [1.29, 1.82) is 0 Å². The molecule has 0 aliphatic rings. The second-order valence-corrected chi connectivity index (χ2v) is 8.22. The number of hydrogen-bond donors (Lipinski definition) is 1. The maximum absolute atomic E-state index is 12.5. The first-order valence-corrected chi connectivity index (χ1v) is 11.2. The lowest BCUT2D eigenvalue weighted by molar-refractivity contribution is 0.0491. The Balaban J connectivity index is 1.94. The summed E-state index contributed by atoms with van der Waals surface area (Å²) in [6.45, 7) is 2.54. The van der Waals surface area contributed by atoms with Crippen molar-refractivity contribution in [3.63, 3.8) is 0 Å². The van der Waals surface area contributed by atoms with Gasteiger partial charge in [0.1, 0.15) is 0 Å². The van der Waals surface area contributed by atoms with E-state index in [0.717, 1.165) is 19.3 Å². The Morgan fingerprint density at radius 3 is 2.31 bits per heavy atom. The Hall–Kier alpha value is -1.49. The standard InChI is InChI=1S/C22H27Cl3N2O2/c1-2-3-4-5-6-7-8-9-12-29-22(28)21-20(25)18(26)14-19(27-21)16-11-10-15(23)13-17(16)24/h10-11,13-14H,2-9,12H2,1H3,(H2,26,27). The van der Waals surface area contributed by atoms with Gasteiger partial charge in [-0.1, -0.05) is 86.7 Å². The van der Waals surface area contributed by atoms with Crippen molar-refractivity contribution >= 4 is 46.5 Å². The summed E-state index contributed by atoms with van der Waals surface area (Å²) in [4.78, 5) is 16.8. The Morgan fingerprint density at radius 1 is 1.00 bits per heavy atom. The zero-order valence-electron chi connectivity index (χ0n) is 16.6. The van der Waals surface area contributed by atoms with Gasteiger partial charge in [0.25, 0.3) is 0 Å². The minimum atomic E-state index is -0.586. The van der Waals surface area contributed by atoms with Gasteiger partial charge in [-0.3, -0.25) is 0 Å². The number of carbonyl (C=O) groups is 1. The van der Waals surface area contributed by atoms with Crippen molar-refractivity contribution in [2.45, 2.75) is 58.3 Å². The number of anilines is 1. The quantitative estimate of drug-likeness (QED) is 0.279. The molecule has 0 saturated carbocycles. The van der Waals surface area contributed by atoms with Gasteiger partial charge in [0, 0.05) is 10.6 Å². The number of esters is 1. The molecule has 2 rings (SSSR count). The van der Waals surface area contributed by atoms with Crippen molar-refractivity contribution in [3.05, 3.63) is 45.0 Å². The maximum Gasteiger partial charge on any atom is 0.358 e. The summed E-state index contributed by atoms with van der Waals surface area (Å²) in [5.41, 5.74) is 7.25. The van der Waals surface area contributed by atoms with Crippen LogP contribution in [0.2, 0.25) is 15.1 Å². The van der Waals surface area contributed by atoms with Crippen molar-refractivity contribution in [2.24, 2.45) is 0 Å². The predicted molar refractivity (Wildman–Crippen MR) is 122 cm³/mol. The number of nitrogens with zero attached hydrogens (tertiary/aromatic N) is 1. The van der Waals surface area contributed by atoms with Crippen LogP contribution < -0.4 is 5.73 Å². The van der Waals surface area contributed by atoms with Crippen LogP contribution in [0.25, 0.3) is 11.3 Å². The van der Waals surface area contributed by atoms with Crippen LogP contribution in [-0.2, 0) is 4.74 Å². The molecule has 2 N–H and O–H groups in total. The molecule has 0 radical (unpaired) electrons. The number of nitrogens with two attached hydrogens (primary N) is 1. The van der Waals surface area contributed by atoms with Crippen LogP contribution in [0.15, 0.2) is 24.3 Å². The Bertz CT molecular complexity index is 828. The highest BCUT2D eigenvalue weighted by Gasteiger charge is 2.19. The number of aromatic nitrogens is 1. The number of ether oxygens (including phenoxy) is 1. The molecule has 0 atom stereocenters. The molecule has 158 valence electrons. The van der Waals surface area contributed by atoms with Crippen molar-refractivity contribution in [3.8, 4) is 11.3 Å². The number of carbonyl (C=O) groups excluding carboxylic acids is 1. The first-order chi connectivity index (χ1) is 13.9. The van der Waals surface area contributed by atoms with E-state index >= 15 is 0 Å². The summed E-state index contributed by atoms with van der Waals surface area (Å²) < 4.78 is 5.35. The molecule has 29 heavy (non-hydrogen) atoms. The molecule has 0 spiro atoms. The molecule has 1 heterocycles. The van der Waals surface area contributed by atoms with Crippen molar-refractivity contribution in [1.82, 2.24) is 4.98 Å².